The average molecular weight is 895 g/mol. The van der Waals surface area contributed by atoms with E-state index in [0.717, 1.165) is 106 Å². The zero-order valence-corrected chi connectivity index (χ0v) is 41.4. The van der Waals surface area contributed by atoms with E-state index >= 15 is 0 Å². The van der Waals surface area contributed by atoms with Crippen molar-refractivity contribution in [3.05, 3.63) is 70.3 Å². The third-order valence-corrected chi connectivity index (χ3v) is 15.3. The molecule has 0 unspecified atom stereocenters. The first-order valence-corrected chi connectivity index (χ1v) is 27.4. The van der Waals surface area contributed by atoms with Crippen LogP contribution in [-0.4, -0.2) is 46.5 Å². The molecule has 5 aromatic rings. The number of hydrogen-bond donors (Lipinski definition) is 0. The summed E-state index contributed by atoms with van der Waals surface area (Å²) < 4.78 is 0. The fourth-order valence-electron chi connectivity index (χ4n) is 11.5. The zero-order chi connectivity index (χ0) is 46.3. The third kappa shape index (κ3) is 11.3. The van der Waals surface area contributed by atoms with Crippen LogP contribution in [-0.2, 0) is 6.42 Å². The highest BCUT2D eigenvalue weighted by Gasteiger charge is 2.38. The Morgan fingerprint density at radius 1 is 0.318 bits per heavy atom. The van der Waals surface area contributed by atoms with Crippen molar-refractivity contribution in [3.63, 3.8) is 0 Å². The Kier molecular flexibility index (Phi) is 18.9. The number of rotatable bonds is 33. The van der Waals surface area contributed by atoms with Gasteiger partial charge in [0.2, 0.25) is 0 Å². The van der Waals surface area contributed by atoms with E-state index in [2.05, 4.69) is 39.0 Å². The van der Waals surface area contributed by atoms with E-state index in [1.807, 2.05) is 24.3 Å². The Labute approximate surface area is 397 Å². The summed E-state index contributed by atoms with van der Waals surface area (Å²) in [6.45, 7) is 7.66. The second-order valence-corrected chi connectivity index (χ2v) is 20.3. The molecule has 6 nitrogen and oxygen atoms in total. The first-order chi connectivity index (χ1) is 32.4. The fourth-order valence-corrected chi connectivity index (χ4v) is 11.5. The Morgan fingerprint density at radius 2 is 0.636 bits per heavy atom. The van der Waals surface area contributed by atoms with Gasteiger partial charge >= 0.3 is 0 Å². The van der Waals surface area contributed by atoms with E-state index in [0.29, 0.717) is 35.3 Å². The van der Waals surface area contributed by atoms with Gasteiger partial charge in [-0.2, -0.15) is 0 Å². The van der Waals surface area contributed by atoms with E-state index in [1.54, 1.807) is 4.90 Å². The van der Waals surface area contributed by atoms with Gasteiger partial charge in [-0.15, -0.1) is 0 Å². The average Bonchev–Trinajstić information content (AvgIpc) is 3.33. The molecule has 0 bridgehead atoms. The van der Waals surface area contributed by atoms with Crippen molar-refractivity contribution >= 4 is 66.7 Å². The number of benzene rings is 5. The topological polar surface area (TPSA) is 74.8 Å². The molecule has 2 heterocycles. The first kappa shape index (κ1) is 49.6. The summed E-state index contributed by atoms with van der Waals surface area (Å²) in [6, 6.07) is 14.2. The van der Waals surface area contributed by atoms with Gasteiger partial charge in [-0.3, -0.25) is 29.0 Å². The lowest BCUT2D eigenvalue weighted by molar-refractivity contribution is 0.0592. The molecule has 4 amide bonds. The molecule has 0 aliphatic carbocycles. The van der Waals surface area contributed by atoms with E-state index in [-0.39, 0.29) is 23.6 Å². The minimum absolute atomic E-state index is 0.149. The molecule has 2 aliphatic heterocycles. The van der Waals surface area contributed by atoms with Crippen molar-refractivity contribution in [2.75, 3.05) is 13.1 Å². The van der Waals surface area contributed by atoms with Crippen molar-refractivity contribution in [1.82, 2.24) is 9.80 Å². The molecule has 356 valence electrons. The zero-order valence-electron chi connectivity index (χ0n) is 41.4. The number of hydrogen-bond acceptors (Lipinski definition) is 4. The summed E-state index contributed by atoms with van der Waals surface area (Å²) in [4.78, 5) is 60.8. The Morgan fingerprint density at radius 3 is 1.05 bits per heavy atom. The van der Waals surface area contributed by atoms with Gasteiger partial charge in [-0.05, 0) is 87.8 Å². The number of fused-ring (bicyclic) bond motifs is 2. The van der Waals surface area contributed by atoms with Gasteiger partial charge in [-0.25, -0.2) is 0 Å². The third-order valence-electron chi connectivity index (χ3n) is 15.3. The second-order valence-electron chi connectivity index (χ2n) is 20.3. The Bertz CT molecular complexity index is 2390. The van der Waals surface area contributed by atoms with Crippen LogP contribution in [0.3, 0.4) is 0 Å². The van der Waals surface area contributed by atoms with Gasteiger partial charge in [0.15, 0.2) is 0 Å². The molecule has 0 spiro atoms. The monoisotopic (exact) mass is 895 g/mol. The van der Waals surface area contributed by atoms with Gasteiger partial charge in [0.1, 0.15) is 0 Å². The van der Waals surface area contributed by atoms with Crippen LogP contribution < -0.4 is 0 Å². The van der Waals surface area contributed by atoms with Crippen LogP contribution in [0.1, 0.15) is 260 Å². The predicted octanol–water partition coefficient (Wildman–Crippen LogP) is 17.2. The highest BCUT2D eigenvalue weighted by atomic mass is 16.2. The van der Waals surface area contributed by atoms with Crippen LogP contribution in [0.5, 0.6) is 0 Å². The molecule has 0 fully saturated rings. The van der Waals surface area contributed by atoms with Crippen LogP contribution in [0.15, 0.2) is 42.5 Å². The summed E-state index contributed by atoms with van der Waals surface area (Å²) >= 11 is 0. The van der Waals surface area contributed by atoms with E-state index < -0.39 is 0 Å². The lowest BCUT2D eigenvalue weighted by Gasteiger charge is -2.31. The maximum atomic E-state index is 14.8. The number of carbonyl (C=O) groups excluding carboxylic acids is 4. The molecule has 0 saturated carbocycles. The Hall–Kier alpha value is -4.32. The van der Waals surface area contributed by atoms with Gasteiger partial charge in [0.05, 0.1) is 5.56 Å². The molecule has 5 aromatic carbocycles. The molecule has 2 aliphatic rings. The number of aryl methyl sites for hydroxylation is 1. The first-order valence-electron chi connectivity index (χ1n) is 27.4. The largest absolute Gasteiger partial charge is 0.274 e. The maximum Gasteiger partial charge on any atom is 0.261 e. The van der Waals surface area contributed by atoms with Crippen LogP contribution >= 0.6 is 0 Å². The molecular weight excluding hydrogens is 813 g/mol. The standard InChI is InChI=1S/C60H82N2O4/c1-4-7-10-13-16-19-22-25-28-31-34-44-43-51-47-37-39-49-55-48(57(63)61(58(49)64)41-32-29-26-23-20-17-14-11-8-5-2)38-35-45(53(47)55)46-36-40-50-56(54(46)51)52(44)60(66)62(59(50)65)42-33-30-27-24-21-18-15-12-9-6-3/h35-40,43H,4-34,41-42H2,1-3H3. The molecule has 66 heavy (non-hydrogen) atoms. The van der Waals surface area contributed by atoms with Crippen LogP contribution in [0.2, 0.25) is 0 Å². The normalized spacial score (nSPS) is 13.9. The SMILES string of the molecule is CCCCCCCCCCCCc1cc2c3ccc4c5c(ccc(c6ccc7c(c1C(=O)N(CCCCCCCCCCCC)C7=O)c62)c53)C(=O)N(CCCCCCCCCCCC)C4=O. The van der Waals surface area contributed by atoms with E-state index in [4.69, 9.17) is 0 Å². The second kappa shape index (κ2) is 25.2. The van der Waals surface area contributed by atoms with Crippen LogP contribution in [0.25, 0.3) is 43.1 Å². The smallest absolute Gasteiger partial charge is 0.261 e. The summed E-state index contributed by atoms with van der Waals surface area (Å²) in [6.07, 6.45) is 37.1. The van der Waals surface area contributed by atoms with Gasteiger partial charge in [0.25, 0.3) is 23.6 Å². The molecule has 0 radical (unpaired) electrons. The summed E-state index contributed by atoms with van der Waals surface area (Å²) in [7, 11) is 0. The Balaban J connectivity index is 1.14. The van der Waals surface area contributed by atoms with Gasteiger partial charge < -0.3 is 0 Å². The molecular formula is C60H82N2O4. The van der Waals surface area contributed by atoms with Gasteiger partial charge in [0, 0.05) is 40.6 Å². The molecule has 0 atom stereocenters. The number of amides is 4. The predicted molar refractivity (Wildman–Crippen MR) is 278 cm³/mol. The molecule has 7 rings (SSSR count). The highest BCUT2D eigenvalue weighted by molar-refractivity contribution is 6.41. The summed E-state index contributed by atoms with van der Waals surface area (Å²) in [5.41, 5.74) is 3.51. The van der Waals surface area contributed by atoms with Gasteiger partial charge in [-0.1, -0.05) is 212 Å². The number of imide groups is 2. The number of carbonyl (C=O) groups is 4. The summed E-state index contributed by atoms with van der Waals surface area (Å²) in [5.74, 6) is -0.747. The van der Waals surface area contributed by atoms with Crippen molar-refractivity contribution in [2.45, 2.75) is 220 Å². The number of unbranched alkanes of at least 4 members (excludes halogenated alkanes) is 27. The minimum atomic E-state index is -0.205. The maximum absolute atomic E-state index is 14.8. The van der Waals surface area contributed by atoms with E-state index in [1.165, 1.54) is 146 Å². The lowest BCUT2D eigenvalue weighted by Crippen LogP contribution is -2.41. The minimum Gasteiger partial charge on any atom is -0.274 e. The fraction of sp³-hybridized carbons (Fsp3) is 0.600. The van der Waals surface area contributed by atoms with Crippen molar-refractivity contribution < 1.29 is 19.2 Å². The van der Waals surface area contributed by atoms with Crippen molar-refractivity contribution in [3.8, 4) is 0 Å². The van der Waals surface area contributed by atoms with Crippen LogP contribution in [0.4, 0.5) is 0 Å². The number of nitrogens with zero attached hydrogens (tertiary/aromatic N) is 2. The lowest BCUT2D eigenvalue weighted by atomic mass is 9.80. The van der Waals surface area contributed by atoms with Crippen molar-refractivity contribution in [2.24, 2.45) is 0 Å². The van der Waals surface area contributed by atoms with E-state index in [9.17, 15) is 19.2 Å². The highest BCUT2D eigenvalue weighted by Crippen LogP contribution is 2.47. The van der Waals surface area contributed by atoms with Crippen LogP contribution in [0, 0.1) is 0 Å². The molecule has 0 N–H and O–H groups in total. The van der Waals surface area contributed by atoms with Crippen molar-refractivity contribution in [1.29, 1.82) is 0 Å². The molecule has 0 saturated heterocycles. The molecule has 0 aromatic heterocycles. The molecule has 6 heteroatoms. The summed E-state index contributed by atoms with van der Waals surface area (Å²) in [5, 5.41) is 7.29. The quantitative estimate of drug-likeness (QED) is 0.0182.